The van der Waals surface area contributed by atoms with Crippen molar-refractivity contribution in [3.8, 4) is 5.75 Å². The molecule has 0 aromatic heterocycles. The SMILES string of the molecule is C=O.CC.O=C1NCC(Cc2ccc(O)cc2)S1. The van der Waals surface area contributed by atoms with Crippen LogP contribution in [0.4, 0.5) is 4.79 Å². The quantitative estimate of drug-likeness (QED) is 0.866. The van der Waals surface area contributed by atoms with E-state index in [0.29, 0.717) is 5.25 Å². The average Bonchev–Trinajstić information content (AvgIpc) is 2.83. The molecule has 0 radical (unpaired) electrons. The molecule has 1 atom stereocenters. The molecule has 1 aliphatic heterocycles. The number of carbonyl (C=O) groups excluding carboxylic acids is 2. The molecule has 1 unspecified atom stereocenters. The normalized spacial score (nSPS) is 16.8. The highest BCUT2D eigenvalue weighted by atomic mass is 32.2. The Balaban J connectivity index is 0.000000659. The molecule has 1 amide bonds. The predicted molar refractivity (Wildman–Crippen MR) is 75.1 cm³/mol. The number of aromatic hydroxyl groups is 1. The molecule has 18 heavy (non-hydrogen) atoms. The molecule has 1 aliphatic rings. The van der Waals surface area contributed by atoms with Crippen LogP contribution < -0.4 is 5.32 Å². The molecule has 5 heteroatoms. The van der Waals surface area contributed by atoms with Crippen molar-refractivity contribution < 1.29 is 14.7 Å². The standard InChI is InChI=1S/C10H11NO2S.C2H6.CH2O/c12-8-3-1-7(2-4-8)5-9-6-11-10(13)14-9;2*1-2/h1-4,9,12H,5-6H2,(H,11,13);1-2H3;1H2. The van der Waals surface area contributed by atoms with Crippen LogP contribution in [-0.2, 0) is 11.2 Å². The third-order valence-corrected chi connectivity index (χ3v) is 3.17. The van der Waals surface area contributed by atoms with E-state index in [4.69, 9.17) is 9.90 Å². The Morgan fingerprint density at radius 3 is 2.33 bits per heavy atom. The Kier molecular flexibility index (Phi) is 8.74. The van der Waals surface area contributed by atoms with E-state index in [0.717, 1.165) is 18.5 Å². The van der Waals surface area contributed by atoms with Gasteiger partial charge in [0.15, 0.2) is 0 Å². The molecule has 0 bridgehead atoms. The number of benzene rings is 1. The lowest BCUT2D eigenvalue weighted by Crippen LogP contribution is -2.16. The lowest BCUT2D eigenvalue weighted by molar-refractivity contribution is -0.0979. The highest BCUT2D eigenvalue weighted by Crippen LogP contribution is 2.22. The Morgan fingerprint density at radius 1 is 1.33 bits per heavy atom. The van der Waals surface area contributed by atoms with Crippen LogP contribution in [0, 0.1) is 0 Å². The fourth-order valence-electron chi connectivity index (χ4n) is 1.44. The molecule has 1 aromatic carbocycles. The topological polar surface area (TPSA) is 66.4 Å². The zero-order valence-electron chi connectivity index (χ0n) is 10.7. The van der Waals surface area contributed by atoms with Crippen molar-refractivity contribution in [3.05, 3.63) is 29.8 Å². The smallest absolute Gasteiger partial charge is 0.279 e. The summed E-state index contributed by atoms with van der Waals surface area (Å²) >= 11 is 1.35. The van der Waals surface area contributed by atoms with Gasteiger partial charge in [-0.1, -0.05) is 37.7 Å². The molecule has 4 nitrogen and oxygen atoms in total. The fourth-order valence-corrected chi connectivity index (χ4v) is 2.35. The monoisotopic (exact) mass is 269 g/mol. The largest absolute Gasteiger partial charge is 0.508 e. The van der Waals surface area contributed by atoms with Crippen molar-refractivity contribution in [2.75, 3.05) is 6.54 Å². The molecule has 100 valence electrons. The maximum absolute atomic E-state index is 10.9. The summed E-state index contributed by atoms with van der Waals surface area (Å²) in [4.78, 5) is 18.9. The number of hydrogen-bond donors (Lipinski definition) is 2. The van der Waals surface area contributed by atoms with E-state index in [2.05, 4.69) is 5.32 Å². The Hall–Kier alpha value is -1.49. The Morgan fingerprint density at radius 2 is 1.89 bits per heavy atom. The van der Waals surface area contributed by atoms with Crippen LogP contribution in [0.15, 0.2) is 24.3 Å². The molecule has 1 heterocycles. The second kappa shape index (κ2) is 9.53. The van der Waals surface area contributed by atoms with Gasteiger partial charge in [-0.25, -0.2) is 0 Å². The van der Waals surface area contributed by atoms with Crippen molar-refractivity contribution in [1.82, 2.24) is 5.32 Å². The summed E-state index contributed by atoms with van der Waals surface area (Å²) in [6.45, 7) is 6.74. The van der Waals surface area contributed by atoms with Crippen molar-refractivity contribution in [2.45, 2.75) is 25.5 Å². The Bertz CT molecular complexity index is 354. The maximum Gasteiger partial charge on any atom is 0.279 e. The van der Waals surface area contributed by atoms with E-state index < -0.39 is 0 Å². The first kappa shape index (κ1) is 16.5. The van der Waals surface area contributed by atoms with Crippen molar-refractivity contribution in [2.24, 2.45) is 0 Å². The summed E-state index contributed by atoms with van der Waals surface area (Å²) in [5.41, 5.74) is 1.15. The summed E-state index contributed by atoms with van der Waals surface area (Å²) in [6.07, 6.45) is 0.865. The predicted octanol–water partition coefficient (Wildman–Crippen LogP) is 2.60. The molecule has 1 fully saturated rings. The van der Waals surface area contributed by atoms with Gasteiger partial charge in [-0.05, 0) is 24.1 Å². The number of hydrogen-bond acceptors (Lipinski definition) is 4. The third kappa shape index (κ3) is 5.72. The number of rotatable bonds is 2. The molecule has 1 aromatic rings. The molecular formula is C13H19NO3S. The summed E-state index contributed by atoms with van der Waals surface area (Å²) in [5.74, 6) is 0.280. The summed E-state index contributed by atoms with van der Waals surface area (Å²) < 4.78 is 0. The highest BCUT2D eigenvalue weighted by molar-refractivity contribution is 8.14. The van der Waals surface area contributed by atoms with E-state index in [1.54, 1.807) is 12.1 Å². The number of amides is 1. The molecule has 0 saturated carbocycles. The minimum Gasteiger partial charge on any atom is -0.508 e. The highest BCUT2D eigenvalue weighted by Gasteiger charge is 2.22. The van der Waals surface area contributed by atoms with Gasteiger partial charge in [0.2, 0.25) is 0 Å². The van der Waals surface area contributed by atoms with Gasteiger partial charge in [0, 0.05) is 11.8 Å². The number of phenols is 1. The average molecular weight is 269 g/mol. The molecular weight excluding hydrogens is 250 g/mol. The van der Waals surface area contributed by atoms with Gasteiger partial charge in [0.25, 0.3) is 5.24 Å². The van der Waals surface area contributed by atoms with E-state index in [-0.39, 0.29) is 11.0 Å². The molecule has 2 rings (SSSR count). The first-order valence-corrected chi connectivity index (χ1v) is 6.63. The summed E-state index contributed by atoms with van der Waals surface area (Å²) in [6, 6.07) is 7.12. The lowest BCUT2D eigenvalue weighted by atomic mass is 10.1. The van der Waals surface area contributed by atoms with Crippen LogP contribution in [0.3, 0.4) is 0 Å². The van der Waals surface area contributed by atoms with Crippen molar-refractivity contribution >= 4 is 23.8 Å². The molecule has 0 spiro atoms. The first-order valence-electron chi connectivity index (χ1n) is 5.75. The molecule has 0 aliphatic carbocycles. The van der Waals surface area contributed by atoms with Gasteiger partial charge >= 0.3 is 0 Å². The first-order chi connectivity index (χ1) is 8.74. The minimum atomic E-state index is 0.0637. The van der Waals surface area contributed by atoms with Gasteiger partial charge in [0.1, 0.15) is 12.5 Å². The minimum absolute atomic E-state index is 0.0637. The number of carbonyl (C=O) groups is 2. The number of phenolic OH excluding ortho intramolecular Hbond substituents is 1. The van der Waals surface area contributed by atoms with E-state index in [1.165, 1.54) is 11.8 Å². The maximum atomic E-state index is 10.9. The second-order valence-corrected chi connectivity index (χ2v) is 4.55. The van der Waals surface area contributed by atoms with Crippen LogP contribution in [0.25, 0.3) is 0 Å². The van der Waals surface area contributed by atoms with Crippen LogP contribution >= 0.6 is 11.8 Å². The van der Waals surface area contributed by atoms with Gasteiger partial charge in [0.05, 0.1) is 0 Å². The van der Waals surface area contributed by atoms with Crippen LogP contribution in [0.5, 0.6) is 5.75 Å². The second-order valence-electron chi connectivity index (χ2n) is 3.28. The van der Waals surface area contributed by atoms with Crippen LogP contribution in [0.1, 0.15) is 19.4 Å². The van der Waals surface area contributed by atoms with E-state index >= 15 is 0 Å². The lowest BCUT2D eigenvalue weighted by Gasteiger charge is -2.05. The number of nitrogens with one attached hydrogen (secondary N) is 1. The zero-order valence-corrected chi connectivity index (χ0v) is 11.5. The molecule has 1 saturated heterocycles. The van der Waals surface area contributed by atoms with Crippen LogP contribution in [0.2, 0.25) is 0 Å². The van der Waals surface area contributed by atoms with E-state index in [1.807, 2.05) is 32.8 Å². The summed E-state index contributed by atoms with van der Waals surface area (Å²) in [7, 11) is 0. The fraction of sp³-hybridized carbons (Fsp3) is 0.385. The van der Waals surface area contributed by atoms with Gasteiger partial charge in [-0.2, -0.15) is 0 Å². The summed E-state index contributed by atoms with van der Waals surface area (Å²) in [5, 5.41) is 12.3. The number of thioether (sulfide) groups is 1. The van der Waals surface area contributed by atoms with Crippen molar-refractivity contribution in [1.29, 1.82) is 0 Å². The van der Waals surface area contributed by atoms with E-state index in [9.17, 15) is 4.79 Å². The molecule has 2 N–H and O–H groups in total. The van der Waals surface area contributed by atoms with Crippen molar-refractivity contribution in [3.63, 3.8) is 0 Å². The van der Waals surface area contributed by atoms with Gasteiger partial charge < -0.3 is 15.2 Å². The van der Waals surface area contributed by atoms with Crippen LogP contribution in [-0.4, -0.2) is 28.9 Å². The van der Waals surface area contributed by atoms with Gasteiger partial charge in [-0.3, -0.25) is 4.79 Å². The third-order valence-electron chi connectivity index (χ3n) is 2.15. The van der Waals surface area contributed by atoms with Gasteiger partial charge in [-0.15, -0.1) is 0 Å². The Labute approximate surface area is 112 Å². The zero-order chi connectivity index (χ0) is 14.0.